The van der Waals surface area contributed by atoms with Crippen molar-refractivity contribution in [3.63, 3.8) is 0 Å². The molecule has 0 unspecified atom stereocenters. The van der Waals surface area contributed by atoms with E-state index >= 15 is 0 Å². The fourth-order valence-electron chi connectivity index (χ4n) is 2.47. The lowest BCUT2D eigenvalue weighted by atomic mass is 10.0. The van der Waals surface area contributed by atoms with E-state index in [0.717, 1.165) is 34.3 Å². The zero-order valence-electron chi connectivity index (χ0n) is 12.8. The molecule has 0 radical (unpaired) electrons. The second kappa shape index (κ2) is 6.64. The first kappa shape index (κ1) is 16.5. The summed E-state index contributed by atoms with van der Waals surface area (Å²) in [5.74, 6) is 1.21. The van der Waals surface area contributed by atoms with Crippen LogP contribution in [0.25, 0.3) is 22.0 Å². The van der Waals surface area contributed by atoms with E-state index in [1.165, 1.54) is 0 Å². The van der Waals surface area contributed by atoms with Crippen LogP contribution in [0.3, 0.4) is 0 Å². The summed E-state index contributed by atoms with van der Waals surface area (Å²) in [6, 6.07) is 11.3. The van der Waals surface area contributed by atoms with Gasteiger partial charge in [-0.2, -0.15) is 0 Å². The van der Waals surface area contributed by atoms with Crippen LogP contribution in [0.15, 0.2) is 36.4 Å². The van der Waals surface area contributed by atoms with Gasteiger partial charge in [-0.15, -0.1) is 0 Å². The van der Waals surface area contributed by atoms with E-state index < -0.39 is 0 Å². The number of aromatic nitrogens is 2. The van der Waals surface area contributed by atoms with Gasteiger partial charge in [-0.05, 0) is 35.7 Å². The Kier molecular flexibility index (Phi) is 4.77. The Morgan fingerprint density at radius 2 is 1.65 bits per heavy atom. The highest BCUT2D eigenvalue weighted by molar-refractivity contribution is 6.36. The molecule has 5 heteroatoms. The maximum Gasteiger partial charge on any atom is 0.140 e. The largest absolute Gasteiger partial charge is 0.233 e. The summed E-state index contributed by atoms with van der Waals surface area (Å²) in [6.07, 6.45) is 0.784. The molecule has 3 aromatic rings. The van der Waals surface area contributed by atoms with Crippen LogP contribution in [-0.2, 0) is 6.42 Å². The van der Waals surface area contributed by atoms with Crippen LogP contribution in [0.5, 0.6) is 0 Å². The molecule has 0 amide bonds. The molecule has 0 aliphatic heterocycles. The van der Waals surface area contributed by atoms with E-state index in [4.69, 9.17) is 34.8 Å². The maximum absolute atomic E-state index is 6.45. The molecule has 0 aliphatic rings. The summed E-state index contributed by atoms with van der Waals surface area (Å²) >= 11 is 18.8. The van der Waals surface area contributed by atoms with Crippen LogP contribution in [0.1, 0.15) is 19.7 Å². The number of halogens is 3. The fraction of sp³-hybridized carbons (Fsp3) is 0.222. The highest BCUT2D eigenvalue weighted by Crippen LogP contribution is 2.34. The Balaban J connectivity index is 2.14. The lowest BCUT2D eigenvalue weighted by Gasteiger charge is -2.10. The van der Waals surface area contributed by atoms with E-state index in [2.05, 4.69) is 23.8 Å². The van der Waals surface area contributed by atoms with Gasteiger partial charge in [-0.25, -0.2) is 9.97 Å². The molecular formula is C18H15Cl3N2. The summed E-state index contributed by atoms with van der Waals surface area (Å²) in [5.41, 5.74) is 2.63. The third kappa shape index (κ3) is 3.60. The maximum atomic E-state index is 6.45. The van der Waals surface area contributed by atoms with Crippen molar-refractivity contribution >= 4 is 45.7 Å². The first-order valence-electron chi connectivity index (χ1n) is 7.35. The molecule has 3 rings (SSSR count). The van der Waals surface area contributed by atoms with Crippen molar-refractivity contribution in [1.82, 2.24) is 9.97 Å². The van der Waals surface area contributed by atoms with E-state index in [1.807, 2.05) is 36.4 Å². The molecule has 23 heavy (non-hydrogen) atoms. The van der Waals surface area contributed by atoms with Crippen LogP contribution >= 0.6 is 34.8 Å². The quantitative estimate of drug-likeness (QED) is 0.498. The SMILES string of the molecule is CC(C)Cc1nc(Cl)c2cc(-c3ccc(Cl)cc3)c(Cl)cc2n1. The van der Waals surface area contributed by atoms with Gasteiger partial charge in [0.1, 0.15) is 11.0 Å². The van der Waals surface area contributed by atoms with Crippen molar-refractivity contribution in [2.24, 2.45) is 5.92 Å². The molecular weight excluding hydrogens is 351 g/mol. The molecule has 1 aromatic heterocycles. The average Bonchev–Trinajstić information content (AvgIpc) is 2.47. The molecule has 2 aromatic carbocycles. The fourth-order valence-corrected chi connectivity index (χ4v) is 3.11. The predicted molar refractivity (Wildman–Crippen MR) is 98.5 cm³/mol. The summed E-state index contributed by atoms with van der Waals surface area (Å²) in [6.45, 7) is 4.25. The van der Waals surface area contributed by atoms with Crippen LogP contribution < -0.4 is 0 Å². The molecule has 118 valence electrons. The molecule has 1 heterocycles. The highest BCUT2D eigenvalue weighted by atomic mass is 35.5. The number of fused-ring (bicyclic) bond motifs is 1. The first-order valence-corrected chi connectivity index (χ1v) is 8.49. The van der Waals surface area contributed by atoms with E-state index in [-0.39, 0.29) is 0 Å². The standard InChI is InChI=1S/C18H15Cl3N2/c1-10(2)7-17-22-16-9-15(20)13(8-14(16)18(21)23-17)11-3-5-12(19)6-4-11/h3-6,8-10H,7H2,1-2H3. The van der Waals surface area contributed by atoms with Crippen molar-refractivity contribution in [1.29, 1.82) is 0 Å². The molecule has 0 fully saturated rings. The van der Waals surface area contributed by atoms with Crippen molar-refractivity contribution in [2.45, 2.75) is 20.3 Å². The Labute approximate surface area is 150 Å². The van der Waals surface area contributed by atoms with Gasteiger partial charge < -0.3 is 0 Å². The Hall–Kier alpha value is -1.35. The number of rotatable bonds is 3. The molecule has 0 saturated carbocycles. The monoisotopic (exact) mass is 364 g/mol. The summed E-state index contributed by atoms with van der Waals surface area (Å²) in [5, 5.41) is 2.57. The van der Waals surface area contributed by atoms with E-state index in [0.29, 0.717) is 21.1 Å². The van der Waals surface area contributed by atoms with Crippen molar-refractivity contribution in [2.75, 3.05) is 0 Å². The lowest BCUT2D eigenvalue weighted by Crippen LogP contribution is -2.01. The zero-order valence-corrected chi connectivity index (χ0v) is 15.0. The Morgan fingerprint density at radius 1 is 0.957 bits per heavy atom. The minimum atomic E-state index is 0.456. The predicted octanol–water partition coefficient (Wildman–Crippen LogP) is 6.46. The van der Waals surface area contributed by atoms with Gasteiger partial charge in [0.2, 0.25) is 0 Å². The Bertz CT molecular complexity index is 858. The molecule has 0 bridgehead atoms. The van der Waals surface area contributed by atoms with Gasteiger partial charge in [0.05, 0.1) is 10.5 Å². The van der Waals surface area contributed by atoms with Crippen LogP contribution in [0.2, 0.25) is 15.2 Å². The number of hydrogen-bond acceptors (Lipinski definition) is 2. The van der Waals surface area contributed by atoms with Crippen LogP contribution in [-0.4, -0.2) is 9.97 Å². The van der Waals surface area contributed by atoms with Gasteiger partial charge in [0.25, 0.3) is 0 Å². The van der Waals surface area contributed by atoms with Crippen LogP contribution in [0, 0.1) is 5.92 Å². The van der Waals surface area contributed by atoms with Crippen molar-refractivity contribution < 1.29 is 0 Å². The van der Waals surface area contributed by atoms with Gasteiger partial charge in [0, 0.05) is 22.4 Å². The van der Waals surface area contributed by atoms with Crippen LogP contribution in [0.4, 0.5) is 0 Å². The second-order valence-electron chi connectivity index (χ2n) is 5.88. The van der Waals surface area contributed by atoms with Gasteiger partial charge >= 0.3 is 0 Å². The summed E-state index contributed by atoms with van der Waals surface area (Å²) in [7, 11) is 0. The Morgan fingerprint density at radius 3 is 2.30 bits per heavy atom. The molecule has 0 atom stereocenters. The van der Waals surface area contributed by atoms with Gasteiger partial charge in [-0.3, -0.25) is 0 Å². The number of benzene rings is 2. The second-order valence-corrected chi connectivity index (χ2v) is 7.09. The minimum absolute atomic E-state index is 0.456. The normalized spacial score (nSPS) is 11.4. The summed E-state index contributed by atoms with van der Waals surface area (Å²) < 4.78 is 0. The van der Waals surface area contributed by atoms with Gasteiger partial charge in [0.15, 0.2) is 0 Å². The molecule has 0 N–H and O–H groups in total. The third-order valence-electron chi connectivity index (χ3n) is 3.53. The van der Waals surface area contributed by atoms with Crippen molar-refractivity contribution in [3.05, 3.63) is 57.4 Å². The average molecular weight is 366 g/mol. The lowest BCUT2D eigenvalue weighted by molar-refractivity contribution is 0.623. The highest BCUT2D eigenvalue weighted by Gasteiger charge is 2.12. The number of hydrogen-bond donors (Lipinski definition) is 0. The summed E-state index contributed by atoms with van der Waals surface area (Å²) in [4.78, 5) is 8.99. The molecule has 0 aliphatic carbocycles. The zero-order chi connectivity index (χ0) is 16.6. The molecule has 2 nitrogen and oxygen atoms in total. The first-order chi connectivity index (χ1) is 10.9. The smallest absolute Gasteiger partial charge is 0.140 e. The van der Waals surface area contributed by atoms with E-state index in [1.54, 1.807) is 0 Å². The number of nitrogens with zero attached hydrogens (tertiary/aromatic N) is 2. The molecule has 0 saturated heterocycles. The van der Waals surface area contributed by atoms with Crippen molar-refractivity contribution in [3.8, 4) is 11.1 Å². The topological polar surface area (TPSA) is 25.8 Å². The third-order valence-corrected chi connectivity index (χ3v) is 4.38. The minimum Gasteiger partial charge on any atom is -0.233 e. The van der Waals surface area contributed by atoms with E-state index in [9.17, 15) is 0 Å². The van der Waals surface area contributed by atoms with Gasteiger partial charge in [-0.1, -0.05) is 60.8 Å². The molecule has 0 spiro atoms.